The molecule has 0 radical (unpaired) electrons. The fourth-order valence-corrected chi connectivity index (χ4v) is 11.5. The molecule has 9 aromatic carbocycles. The summed E-state index contributed by atoms with van der Waals surface area (Å²) < 4.78 is 268. The molecule has 5 nitrogen and oxygen atoms in total. The van der Waals surface area contributed by atoms with Gasteiger partial charge in [-0.05, 0) is 159 Å². The smallest absolute Gasteiger partial charge is 0.268 e. The Morgan fingerprint density at radius 1 is 0.547 bits per heavy atom. The summed E-state index contributed by atoms with van der Waals surface area (Å²) in [5.74, 6) is 0.823. The van der Waals surface area contributed by atoms with Crippen molar-refractivity contribution in [2.75, 3.05) is 0 Å². The number of rotatable bonds is 6. The van der Waals surface area contributed by atoms with E-state index in [4.69, 9.17) is 26.2 Å². The van der Waals surface area contributed by atoms with Crippen LogP contribution in [0.25, 0.3) is 106 Å². The number of hydrogen-bond acceptors (Lipinski definition) is 2. The zero-order valence-electron chi connectivity index (χ0n) is 75.6. The van der Waals surface area contributed by atoms with Crippen molar-refractivity contribution in [2.45, 2.75) is 130 Å². The quantitative estimate of drug-likeness (QED) is 0.123. The maximum Gasteiger partial charge on any atom is 0.268 e. The van der Waals surface area contributed by atoms with Crippen LogP contribution in [0.1, 0.15) is 167 Å². The van der Waals surface area contributed by atoms with Crippen molar-refractivity contribution in [1.29, 1.82) is 0 Å². The van der Waals surface area contributed by atoms with E-state index in [9.17, 15) is 20.6 Å². The molecule has 0 fully saturated rings. The molecule has 0 atom stereocenters. The molecule has 12 aromatic rings. The van der Waals surface area contributed by atoms with Crippen molar-refractivity contribution in [1.82, 2.24) is 14.1 Å². The molecule has 0 bridgehead atoms. The first-order valence-electron chi connectivity index (χ1n) is 41.5. The third kappa shape index (κ3) is 9.66. The van der Waals surface area contributed by atoms with E-state index in [1.165, 1.54) is 15.2 Å². The number of benzene rings is 9. The van der Waals surface area contributed by atoms with Crippen LogP contribution >= 0.6 is 0 Å². The van der Waals surface area contributed by atoms with Crippen LogP contribution in [0.4, 0.5) is 0 Å². The minimum Gasteiger partial charge on any atom is -0.510 e. The van der Waals surface area contributed by atoms with Crippen LogP contribution in [0.2, 0.25) is 0 Å². The van der Waals surface area contributed by atoms with Gasteiger partial charge < -0.3 is 13.9 Å². The van der Waals surface area contributed by atoms with Crippen LogP contribution in [0.3, 0.4) is 0 Å². The summed E-state index contributed by atoms with van der Waals surface area (Å²) in [6.45, 7) is 0.848. The van der Waals surface area contributed by atoms with E-state index in [0.29, 0.717) is 22.5 Å². The van der Waals surface area contributed by atoms with Crippen molar-refractivity contribution in [2.24, 2.45) is 0 Å². The Bertz CT molecular complexity index is 5980. The molecule has 4 heterocycles. The first-order chi connectivity index (χ1) is 51.6. The van der Waals surface area contributed by atoms with E-state index in [2.05, 4.69) is 45.3 Å². The molecule has 0 spiro atoms. The maximum absolute atomic E-state index is 10.5. The number of fused-ring (bicyclic) bond motifs is 11. The van der Waals surface area contributed by atoms with Gasteiger partial charge in [-0.25, -0.2) is 4.98 Å². The third-order valence-corrected chi connectivity index (χ3v) is 16.1. The summed E-state index contributed by atoms with van der Waals surface area (Å²) in [6.07, 6.45) is -4.13. The average molecular weight is 1330 g/mol. The number of aromatic nitrogens is 4. The minimum atomic E-state index is -4.70. The van der Waals surface area contributed by atoms with Gasteiger partial charge in [-0.1, -0.05) is 222 Å². The largest absolute Gasteiger partial charge is 0.510 e. The molecule has 1 aliphatic carbocycles. The molecular formula is C80H74N4OPt-2. The monoisotopic (exact) mass is 1330 g/mol. The second kappa shape index (κ2) is 20.5. The maximum atomic E-state index is 10.5. The first kappa shape index (κ1) is 33.7. The number of para-hydroxylation sites is 2. The van der Waals surface area contributed by atoms with Crippen LogP contribution in [-0.4, -0.2) is 14.1 Å². The number of hydrogen-bond donors (Lipinski definition) is 0. The van der Waals surface area contributed by atoms with Crippen LogP contribution in [0.15, 0.2) is 188 Å². The number of nitrogens with zero attached hydrogens (tertiary/aromatic N) is 4. The Hall–Kier alpha value is -8.11. The van der Waals surface area contributed by atoms with E-state index in [0.717, 1.165) is 39.0 Å². The van der Waals surface area contributed by atoms with E-state index >= 15 is 0 Å². The van der Waals surface area contributed by atoms with Crippen molar-refractivity contribution < 1.29 is 67.4 Å². The molecule has 0 amide bonds. The topological polar surface area (TPSA) is 35.9 Å². The van der Waals surface area contributed by atoms with Gasteiger partial charge in [0.25, 0.3) is 6.33 Å². The van der Waals surface area contributed by atoms with Gasteiger partial charge in [-0.15, -0.1) is 29.7 Å². The second-order valence-corrected chi connectivity index (χ2v) is 25.0. The molecule has 0 saturated heterocycles. The molecule has 0 N–H and O–H groups in total. The third-order valence-electron chi connectivity index (χ3n) is 16.1. The van der Waals surface area contributed by atoms with E-state index in [-0.39, 0.29) is 77.1 Å². The Balaban J connectivity index is 0.0000112. The van der Waals surface area contributed by atoms with Gasteiger partial charge in [-0.3, -0.25) is 4.57 Å². The van der Waals surface area contributed by atoms with Crippen LogP contribution < -0.4 is 9.30 Å². The van der Waals surface area contributed by atoms with Gasteiger partial charge in [0.15, 0.2) is 0 Å². The normalized spacial score (nSPS) is 20.6. The summed E-state index contributed by atoms with van der Waals surface area (Å²) in [4.78, 5) is 4.83. The van der Waals surface area contributed by atoms with Gasteiger partial charge in [0.05, 0.1) is 31.8 Å². The predicted octanol–water partition coefficient (Wildman–Crippen LogP) is 20.5. The zero-order chi connectivity index (χ0) is 82.3. The van der Waals surface area contributed by atoms with Crippen molar-refractivity contribution >= 4 is 32.8 Å². The van der Waals surface area contributed by atoms with Gasteiger partial charge in [0, 0.05) is 66.2 Å². The zero-order valence-corrected chi connectivity index (χ0v) is 50.8. The molecule has 86 heavy (non-hydrogen) atoms. The van der Waals surface area contributed by atoms with Crippen LogP contribution in [0, 0.1) is 18.5 Å². The van der Waals surface area contributed by atoms with Gasteiger partial charge in [0.2, 0.25) is 0 Å². The molecule has 14 rings (SSSR count). The fraction of sp³-hybridized carbons (Fsp3) is 0.250. The van der Waals surface area contributed by atoms with Crippen LogP contribution in [-0.2, 0) is 48.1 Å². The molecule has 0 saturated carbocycles. The summed E-state index contributed by atoms with van der Waals surface area (Å²) in [6, 6.07) is 29.3. The van der Waals surface area contributed by atoms with Gasteiger partial charge in [-0.2, -0.15) is 18.2 Å². The Morgan fingerprint density at radius 3 is 1.86 bits per heavy atom. The summed E-state index contributed by atoms with van der Waals surface area (Å²) in [5.41, 5.74) is -12.5. The first-order valence-corrected chi connectivity index (χ1v) is 28.0. The fourth-order valence-electron chi connectivity index (χ4n) is 11.5. The standard InChI is InChI=1S/C80H74N4O.Pt/c1-76(2,3)53-36-39-81-73(46-53)84-70-31-19-18-28-64(70)65-34-33-58(48-71(65)84)85-57-23-20-22-56(47-57)82-49-83-74-59(52-40-54(77(4,5)6)45-55(41-52)78(7,8)9)29-21-30-66(74)62-26-16-14-24-60(62)61-25-15-17-27-63(61)67-42-51(44-72(82)75(67)83)50-32-35-68-69(43-50)80(12,13)38-37-79(68,10)11;/h14-36,39-46H,37-38H2,1-13H3;/q-2;/i10D3,11D3,12D3,13D3,14D,15D,16D,17D,24D,25D,26D,27D,32D,35D,37D2,38D2,43D;. The SMILES string of the molecule is [2H]c1c([2H])c([2H])c2c(c1[2H])-c1cccc(-c3cc(C(C)(C)C)cc(C(C)(C)C)c3)c1-[n+]1[c-]n(-c3[c-]c(Oc4[c-]c5c(cc4)c4ccccc4n5-c4cc(C(C)(C)C)ccn4)ccc3)c3cc(-c4c([2H])c([2H])c5c(c4[2H])C(C([2H])([2H])[2H])(C([2H])([2H])[2H])C([2H])([2H])C([2H])([2H])C5(C([2H])([2H])[2H])C([2H])([2H])[2H])cc(c31)-c1c([2H])c([2H])c([2H])c([2H])c1-2.[Pt]. The summed E-state index contributed by atoms with van der Waals surface area (Å²) >= 11 is 0. The number of ether oxygens (including phenoxy) is 1. The van der Waals surface area contributed by atoms with E-state index in [1.54, 1.807) is 48.7 Å². The second-order valence-electron chi connectivity index (χ2n) is 25.0. The Morgan fingerprint density at radius 2 is 1.17 bits per heavy atom. The number of imidazole rings is 1. The molecule has 2 aliphatic rings. The summed E-state index contributed by atoms with van der Waals surface area (Å²) in [5, 5.41) is 1.70. The van der Waals surface area contributed by atoms with Gasteiger partial charge in [0.1, 0.15) is 5.82 Å². The van der Waals surface area contributed by atoms with Crippen molar-refractivity contribution in [3.63, 3.8) is 0 Å². The molecule has 432 valence electrons. The van der Waals surface area contributed by atoms with Crippen molar-refractivity contribution in [3.05, 3.63) is 234 Å². The predicted molar refractivity (Wildman–Crippen MR) is 352 cm³/mol. The minimum absolute atomic E-state index is 0. The molecule has 6 heteroatoms. The van der Waals surface area contributed by atoms with Gasteiger partial charge >= 0.3 is 0 Å². The molecular weight excluding hydrogens is 1230 g/mol. The summed E-state index contributed by atoms with van der Waals surface area (Å²) in [7, 11) is 0. The Labute approximate surface area is 560 Å². The Kier molecular flexibility index (Phi) is 8.04. The van der Waals surface area contributed by atoms with Crippen molar-refractivity contribution in [3.8, 4) is 84.3 Å². The molecule has 1 aliphatic heterocycles. The number of pyridine rings is 1. The molecule has 3 aromatic heterocycles. The van der Waals surface area contributed by atoms with E-state index < -0.39 is 167 Å². The average Bonchev–Trinajstić information content (AvgIpc) is 1.07. The molecule has 0 unspecified atom stereocenters. The van der Waals surface area contributed by atoms with E-state index in [1.807, 2.05) is 101 Å². The van der Waals surface area contributed by atoms with Crippen LogP contribution in [0.5, 0.6) is 11.5 Å².